The van der Waals surface area contributed by atoms with E-state index >= 15 is 0 Å². The molecule has 88 valence electrons. The van der Waals surface area contributed by atoms with Crippen LogP contribution in [0.25, 0.3) is 23.1 Å². The third kappa shape index (κ3) is 1.95. The van der Waals surface area contributed by atoms with Gasteiger partial charge >= 0.3 is 0 Å². The van der Waals surface area contributed by atoms with Crippen LogP contribution in [-0.2, 0) is 0 Å². The van der Waals surface area contributed by atoms with E-state index in [0.29, 0.717) is 0 Å². The van der Waals surface area contributed by atoms with Crippen molar-refractivity contribution < 1.29 is 0 Å². The van der Waals surface area contributed by atoms with Crippen LogP contribution in [-0.4, -0.2) is 4.98 Å². The highest BCUT2D eigenvalue weighted by atomic mass is 14.7. The molecule has 0 saturated carbocycles. The molecule has 0 amide bonds. The molecule has 0 atom stereocenters. The lowest BCUT2D eigenvalue weighted by Crippen LogP contribution is -1.75. The molecule has 1 N–H and O–H groups in total. The van der Waals surface area contributed by atoms with Gasteiger partial charge in [-0.15, -0.1) is 0 Å². The standard InChI is InChI=1S/C17H15N/c1-13-15-9-5-6-10-17(15)18-16(13)12-11-14-7-3-2-4-8-14/h2-12,18H,1H3/b12-11+. The summed E-state index contributed by atoms with van der Waals surface area (Å²) in [5.41, 5.74) is 4.90. The van der Waals surface area contributed by atoms with Crippen LogP contribution < -0.4 is 0 Å². The Labute approximate surface area is 107 Å². The first-order chi connectivity index (χ1) is 8.84. The summed E-state index contributed by atoms with van der Waals surface area (Å²) in [6, 6.07) is 18.8. The molecule has 0 aliphatic heterocycles. The molecule has 3 aromatic rings. The lowest BCUT2D eigenvalue weighted by Gasteiger charge is -1.93. The van der Waals surface area contributed by atoms with Gasteiger partial charge in [-0.05, 0) is 30.2 Å². The van der Waals surface area contributed by atoms with E-state index in [4.69, 9.17) is 0 Å². The van der Waals surface area contributed by atoms with E-state index in [2.05, 4.69) is 72.6 Å². The quantitative estimate of drug-likeness (QED) is 0.663. The lowest BCUT2D eigenvalue weighted by atomic mass is 10.1. The number of fused-ring (bicyclic) bond motifs is 1. The summed E-state index contributed by atoms with van der Waals surface area (Å²) in [5.74, 6) is 0. The smallest absolute Gasteiger partial charge is 0.0461 e. The van der Waals surface area contributed by atoms with Gasteiger partial charge in [0.1, 0.15) is 0 Å². The molecule has 1 nitrogen and oxygen atoms in total. The molecular formula is C17H15N. The average molecular weight is 233 g/mol. The van der Waals surface area contributed by atoms with Crippen LogP contribution in [0.3, 0.4) is 0 Å². The van der Waals surface area contributed by atoms with Gasteiger partial charge in [0.25, 0.3) is 0 Å². The van der Waals surface area contributed by atoms with Gasteiger partial charge in [-0.3, -0.25) is 0 Å². The van der Waals surface area contributed by atoms with Crippen molar-refractivity contribution >= 4 is 23.1 Å². The largest absolute Gasteiger partial charge is 0.355 e. The van der Waals surface area contributed by atoms with Gasteiger partial charge in [-0.2, -0.15) is 0 Å². The molecular weight excluding hydrogens is 218 g/mol. The molecule has 0 bridgehead atoms. The molecule has 0 unspecified atom stereocenters. The van der Waals surface area contributed by atoms with Gasteiger partial charge in [-0.1, -0.05) is 54.6 Å². The second-order valence-electron chi connectivity index (χ2n) is 4.45. The monoisotopic (exact) mass is 233 g/mol. The summed E-state index contributed by atoms with van der Waals surface area (Å²) in [6.45, 7) is 2.16. The van der Waals surface area contributed by atoms with Crippen molar-refractivity contribution in [1.29, 1.82) is 0 Å². The SMILES string of the molecule is Cc1c(/C=C/c2ccccc2)[nH]c2ccccc12. The van der Waals surface area contributed by atoms with E-state index in [9.17, 15) is 0 Å². The van der Waals surface area contributed by atoms with Gasteiger partial charge in [0.2, 0.25) is 0 Å². The molecule has 3 rings (SSSR count). The zero-order chi connectivity index (χ0) is 12.4. The summed E-state index contributed by atoms with van der Waals surface area (Å²) >= 11 is 0. The zero-order valence-corrected chi connectivity index (χ0v) is 10.4. The Morgan fingerprint density at radius 1 is 0.833 bits per heavy atom. The number of hydrogen-bond donors (Lipinski definition) is 1. The van der Waals surface area contributed by atoms with Crippen LogP contribution in [0.2, 0.25) is 0 Å². The van der Waals surface area contributed by atoms with Crippen LogP contribution in [0.1, 0.15) is 16.8 Å². The van der Waals surface area contributed by atoms with Crippen LogP contribution in [0, 0.1) is 6.92 Å². The summed E-state index contributed by atoms with van der Waals surface area (Å²) in [4.78, 5) is 3.45. The van der Waals surface area contributed by atoms with Crippen LogP contribution in [0.15, 0.2) is 54.6 Å². The molecule has 0 saturated heterocycles. The average Bonchev–Trinajstić information content (AvgIpc) is 2.75. The Morgan fingerprint density at radius 3 is 2.33 bits per heavy atom. The van der Waals surface area contributed by atoms with Crippen molar-refractivity contribution in [3.63, 3.8) is 0 Å². The summed E-state index contributed by atoms with van der Waals surface area (Å²) < 4.78 is 0. The molecule has 1 aromatic heterocycles. The highest BCUT2D eigenvalue weighted by molar-refractivity contribution is 5.88. The van der Waals surface area contributed by atoms with E-state index in [1.807, 2.05) is 6.07 Å². The summed E-state index contributed by atoms with van der Waals surface area (Å²) in [7, 11) is 0. The second-order valence-corrected chi connectivity index (χ2v) is 4.45. The number of nitrogens with one attached hydrogen (secondary N) is 1. The Kier molecular flexibility index (Phi) is 2.73. The zero-order valence-electron chi connectivity index (χ0n) is 10.4. The van der Waals surface area contributed by atoms with Crippen molar-refractivity contribution in [2.24, 2.45) is 0 Å². The Bertz CT molecular complexity index is 690. The van der Waals surface area contributed by atoms with Crippen molar-refractivity contribution in [1.82, 2.24) is 4.98 Å². The predicted octanol–water partition coefficient (Wildman–Crippen LogP) is 4.65. The molecule has 0 aliphatic rings. The van der Waals surface area contributed by atoms with Crippen molar-refractivity contribution in [3.05, 3.63) is 71.4 Å². The minimum Gasteiger partial charge on any atom is -0.355 e. The summed E-state index contributed by atoms with van der Waals surface area (Å²) in [6.07, 6.45) is 4.28. The van der Waals surface area contributed by atoms with Gasteiger partial charge in [-0.25, -0.2) is 0 Å². The Morgan fingerprint density at radius 2 is 1.56 bits per heavy atom. The first kappa shape index (κ1) is 10.8. The number of aromatic nitrogens is 1. The van der Waals surface area contributed by atoms with Crippen molar-refractivity contribution in [2.45, 2.75) is 6.92 Å². The maximum atomic E-state index is 3.45. The minimum absolute atomic E-state index is 1.18. The number of para-hydroxylation sites is 1. The molecule has 2 aromatic carbocycles. The van der Waals surface area contributed by atoms with Crippen molar-refractivity contribution in [2.75, 3.05) is 0 Å². The minimum atomic E-state index is 1.18. The third-order valence-corrected chi connectivity index (χ3v) is 3.25. The second kappa shape index (κ2) is 4.53. The normalized spacial score (nSPS) is 11.4. The molecule has 0 aliphatic carbocycles. The van der Waals surface area contributed by atoms with E-state index < -0.39 is 0 Å². The molecule has 1 heteroatoms. The number of hydrogen-bond acceptors (Lipinski definition) is 0. The number of rotatable bonds is 2. The first-order valence-electron chi connectivity index (χ1n) is 6.15. The topological polar surface area (TPSA) is 15.8 Å². The maximum Gasteiger partial charge on any atom is 0.0461 e. The maximum absolute atomic E-state index is 3.45. The highest BCUT2D eigenvalue weighted by Crippen LogP contribution is 2.22. The lowest BCUT2D eigenvalue weighted by molar-refractivity contribution is 1.38. The third-order valence-electron chi connectivity index (χ3n) is 3.25. The van der Waals surface area contributed by atoms with E-state index in [1.165, 1.54) is 27.7 Å². The fourth-order valence-electron chi connectivity index (χ4n) is 2.21. The van der Waals surface area contributed by atoms with E-state index in [0.717, 1.165) is 0 Å². The number of benzene rings is 2. The van der Waals surface area contributed by atoms with Gasteiger partial charge in [0.05, 0.1) is 0 Å². The fourth-order valence-corrected chi connectivity index (χ4v) is 2.21. The predicted molar refractivity (Wildman–Crippen MR) is 78.4 cm³/mol. The van der Waals surface area contributed by atoms with Crippen LogP contribution in [0.4, 0.5) is 0 Å². The first-order valence-corrected chi connectivity index (χ1v) is 6.15. The van der Waals surface area contributed by atoms with Crippen LogP contribution >= 0.6 is 0 Å². The fraction of sp³-hybridized carbons (Fsp3) is 0.0588. The van der Waals surface area contributed by atoms with E-state index in [1.54, 1.807) is 0 Å². The highest BCUT2D eigenvalue weighted by Gasteiger charge is 2.03. The molecule has 0 fully saturated rings. The Balaban J connectivity index is 2.00. The van der Waals surface area contributed by atoms with Crippen LogP contribution in [0.5, 0.6) is 0 Å². The van der Waals surface area contributed by atoms with Gasteiger partial charge in [0.15, 0.2) is 0 Å². The summed E-state index contributed by atoms with van der Waals surface area (Å²) in [5, 5.41) is 1.30. The van der Waals surface area contributed by atoms with Gasteiger partial charge in [0, 0.05) is 16.6 Å². The number of H-pyrrole nitrogens is 1. The van der Waals surface area contributed by atoms with Crippen molar-refractivity contribution in [3.8, 4) is 0 Å². The number of aromatic amines is 1. The molecule has 18 heavy (non-hydrogen) atoms. The van der Waals surface area contributed by atoms with E-state index in [-0.39, 0.29) is 0 Å². The van der Waals surface area contributed by atoms with Gasteiger partial charge < -0.3 is 4.98 Å². The number of aryl methyl sites for hydroxylation is 1. The Hall–Kier alpha value is -2.28. The molecule has 0 spiro atoms. The molecule has 0 radical (unpaired) electrons. The molecule has 1 heterocycles.